The lowest BCUT2D eigenvalue weighted by Crippen LogP contribution is -2.31. The molecule has 0 amide bonds. The molecule has 0 unspecified atom stereocenters. The molecule has 0 saturated carbocycles. The summed E-state index contributed by atoms with van der Waals surface area (Å²) in [4.78, 5) is 0. The number of nitrogens with zero attached hydrogens (tertiary/aromatic N) is 1. The highest BCUT2D eigenvalue weighted by Crippen LogP contribution is 2.23. The van der Waals surface area contributed by atoms with Crippen LogP contribution in [-0.4, -0.2) is 17.6 Å². The Bertz CT molecular complexity index is 468. The van der Waals surface area contributed by atoms with Crippen LogP contribution in [0.2, 0.25) is 0 Å². The first-order valence-electron chi connectivity index (χ1n) is 7.05. The van der Waals surface area contributed by atoms with Gasteiger partial charge in [-0.2, -0.15) is 0 Å². The number of hydrogen-bond acceptors (Lipinski definition) is 3. The molecule has 0 fully saturated rings. The molecule has 20 heavy (non-hydrogen) atoms. The van der Waals surface area contributed by atoms with Gasteiger partial charge in [0, 0.05) is 5.41 Å². The summed E-state index contributed by atoms with van der Waals surface area (Å²) in [6.07, 6.45) is 2.81. The number of nitrogens with two attached hydrogens (primary N) is 1. The molecule has 0 aromatic heterocycles. The van der Waals surface area contributed by atoms with Crippen molar-refractivity contribution in [1.29, 1.82) is 0 Å². The van der Waals surface area contributed by atoms with Gasteiger partial charge in [-0.1, -0.05) is 25.1 Å². The molecule has 0 aliphatic heterocycles. The van der Waals surface area contributed by atoms with Gasteiger partial charge in [-0.15, -0.1) is 0 Å². The van der Waals surface area contributed by atoms with Gasteiger partial charge in [-0.3, -0.25) is 0 Å². The van der Waals surface area contributed by atoms with E-state index in [2.05, 4.69) is 31.1 Å². The molecule has 0 spiro atoms. The van der Waals surface area contributed by atoms with Crippen LogP contribution in [0.3, 0.4) is 0 Å². The first-order chi connectivity index (χ1) is 9.36. The van der Waals surface area contributed by atoms with Crippen LogP contribution in [0.25, 0.3) is 0 Å². The summed E-state index contributed by atoms with van der Waals surface area (Å²) < 4.78 is 5.73. The van der Waals surface area contributed by atoms with Crippen molar-refractivity contribution in [3.63, 3.8) is 0 Å². The van der Waals surface area contributed by atoms with Crippen LogP contribution in [0, 0.1) is 19.3 Å². The van der Waals surface area contributed by atoms with Crippen LogP contribution in [0.15, 0.2) is 23.4 Å². The van der Waals surface area contributed by atoms with Gasteiger partial charge in [-0.25, -0.2) is 0 Å². The molecule has 0 atom stereocenters. The van der Waals surface area contributed by atoms with Crippen LogP contribution in [0.5, 0.6) is 5.75 Å². The molecule has 1 aromatic rings. The third kappa shape index (κ3) is 4.76. The Hall–Kier alpha value is -1.71. The summed E-state index contributed by atoms with van der Waals surface area (Å²) >= 11 is 0. The summed E-state index contributed by atoms with van der Waals surface area (Å²) in [5, 5.41) is 11.8. The second-order valence-corrected chi connectivity index (χ2v) is 5.92. The first kappa shape index (κ1) is 16.3. The van der Waals surface area contributed by atoms with E-state index < -0.39 is 0 Å². The van der Waals surface area contributed by atoms with Crippen molar-refractivity contribution < 1.29 is 9.94 Å². The SMILES string of the molecule is Cc1ccc(OCCCCC(C)(C)/C(N)=N/O)cc1C. The molecule has 0 radical (unpaired) electrons. The maximum Gasteiger partial charge on any atom is 0.144 e. The minimum Gasteiger partial charge on any atom is -0.494 e. The first-order valence-corrected chi connectivity index (χ1v) is 7.05. The number of rotatable bonds is 7. The van der Waals surface area contributed by atoms with E-state index >= 15 is 0 Å². The highest BCUT2D eigenvalue weighted by Gasteiger charge is 2.22. The molecule has 0 heterocycles. The zero-order valence-corrected chi connectivity index (χ0v) is 12.9. The number of benzene rings is 1. The van der Waals surface area contributed by atoms with Crippen molar-refractivity contribution >= 4 is 5.84 Å². The molecule has 0 saturated heterocycles. The molecule has 0 aliphatic carbocycles. The van der Waals surface area contributed by atoms with Crippen LogP contribution in [0.1, 0.15) is 44.2 Å². The number of oxime groups is 1. The molecule has 1 aromatic carbocycles. The summed E-state index contributed by atoms with van der Waals surface area (Å²) in [6.45, 7) is 8.82. The maximum absolute atomic E-state index is 8.71. The van der Waals surface area contributed by atoms with Gasteiger partial charge in [0.25, 0.3) is 0 Å². The van der Waals surface area contributed by atoms with Crippen molar-refractivity contribution in [2.75, 3.05) is 6.61 Å². The predicted octanol–water partition coefficient (Wildman–Crippen LogP) is 3.63. The maximum atomic E-state index is 8.71. The van der Waals surface area contributed by atoms with E-state index in [4.69, 9.17) is 15.7 Å². The third-order valence-corrected chi connectivity index (χ3v) is 3.74. The van der Waals surface area contributed by atoms with Crippen molar-refractivity contribution in [2.24, 2.45) is 16.3 Å². The van der Waals surface area contributed by atoms with E-state index in [1.807, 2.05) is 19.9 Å². The molecule has 4 heteroatoms. The lowest BCUT2D eigenvalue weighted by atomic mass is 9.86. The fourth-order valence-corrected chi connectivity index (χ4v) is 1.93. The average Bonchev–Trinajstić information content (AvgIpc) is 2.41. The van der Waals surface area contributed by atoms with Crippen LogP contribution >= 0.6 is 0 Å². The summed E-state index contributed by atoms with van der Waals surface area (Å²) in [5.41, 5.74) is 7.91. The van der Waals surface area contributed by atoms with E-state index in [1.54, 1.807) is 0 Å². The van der Waals surface area contributed by atoms with Gasteiger partial charge in [-0.05, 0) is 56.4 Å². The van der Waals surface area contributed by atoms with Crippen molar-refractivity contribution in [1.82, 2.24) is 0 Å². The second-order valence-electron chi connectivity index (χ2n) is 5.92. The van der Waals surface area contributed by atoms with E-state index in [9.17, 15) is 0 Å². The smallest absolute Gasteiger partial charge is 0.144 e. The molecule has 112 valence electrons. The predicted molar refractivity (Wildman–Crippen MR) is 82.5 cm³/mol. The van der Waals surface area contributed by atoms with Crippen molar-refractivity contribution in [3.05, 3.63) is 29.3 Å². The molecule has 0 bridgehead atoms. The van der Waals surface area contributed by atoms with E-state index in [0.29, 0.717) is 6.61 Å². The topological polar surface area (TPSA) is 67.8 Å². The van der Waals surface area contributed by atoms with Gasteiger partial charge in [0.1, 0.15) is 11.6 Å². The second kappa shape index (κ2) is 7.17. The molecule has 0 aliphatic rings. The summed E-state index contributed by atoms with van der Waals surface area (Å²) in [5.74, 6) is 1.20. The highest BCUT2D eigenvalue weighted by molar-refractivity contribution is 5.85. The van der Waals surface area contributed by atoms with Gasteiger partial charge in [0.05, 0.1) is 6.61 Å². The van der Waals surface area contributed by atoms with Gasteiger partial charge in [0.15, 0.2) is 0 Å². The van der Waals surface area contributed by atoms with Crippen molar-refractivity contribution in [3.8, 4) is 5.75 Å². The zero-order valence-electron chi connectivity index (χ0n) is 12.9. The Morgan fingerprint density at radius 3 is 2.55 bits per heavy atom. The van der Waals surface area contributed by atoms with Crippen molar-refractivity contribution in [2.45, 2.75) is 47.0 Å². The Balaban J connectivity index is 2.30. The summed E-state index contributed by atoms with van der Waals surface area (Å²) in [7, 11) is 0. The number of unbranched alkanes of at least 4 members (excludes halogenated alkanes) is 1. The Kier molecular flexibility index (Phi) is 5.86. The normalized spacial score (nSPS) is 12.5. The molecule has 4 nitrogen and oxygen atoms in total. The van der Waals surface area contributed by atoms with E-state index in [1.165, 1.54) is 11.1 Å². The summed E-state index contributed by atoms with van der Waals surface area (Å²) in [6, 6.07) is 6.14. The largest absolute Gasteiger partial charge is 0.494 e. The standard InChI is InChI=1S/C16H26N2O2/c1-12-7-8-14(11-13(12)2)20-10-6-5-9-16(3,4)15(17)18-19/h7-8,11,19H,5-6,9-10H2,1-4H3,(H2,17,18). The molecule has 3 N–H and O–H groups in total. The van der Waals surface area contributed by atoms with E-state index in [0.717, 1.165) is 25.0 Å². The lowest BCUT2D eigenvalue weighted by molar-refractivity contribution is 0.288. The van der Waals surface area contributed by atoms with Gasteiger partial charge in [0.2, 0.25) is 0 Å². The molecular formula is C16H26N2O2. The lowest BCUT2D eigenvalue weighted by Gasteiger charge is -2.22. The third-order valence-electron chi connectivity index (χ3n) is 3.74. The monoisotopic (exact) mass is 278 g/mol. The van der Waals surface area contributed by atoms with Gasteiger partial charge >= 0.3 is 0 Å². The average molecular weight is 278 g/mol. The van der Waals surface area contributed by atoms with Gasteiger partial charge < -0.3 is 15.7 Å². The van der Waals surface area contributed by atoms with Crippen LogP contribution in [0.4, 0.5) is 0 Å². The van der Waals surface area contributed by atoms with E-state index in [-0.39, 0.29) is 11.3 Å². The minimum atomic E-state index is -0.269. The fourth-order valence-electron chi connectivity index (χ4n) is 1.93. The minimum absolute atomic E-state index is 0.269. The number of ether oxygens (including phenoxy) is 1. The molecular weight excluding hydrogens is 252 g/mol. The fraction of sp³-hybridized carbons (Fsp3) is 0.562. The Morgan fingerprint density at radius 2 is 1.95 bits per heavy atom. The molecule has 1 rings (SSSR count). The number of aryl methyl sites for hydroxylation is 2. The Morgan fingerprint density at radius 1 is 1.25 bits per heavy atom. The quantitative estimate of drug-likeness (QED) is 0.263. The Labute approximate surface area is 121 Å². The highest BCUT2D eigenvalue weighted by atomic mass is 16.5. The van der Waals surface area contributed by atoms with Crippen LogP contribution in [-0.2, 0) is 0 Å². The number of hydrogen-bond donors (Lipinski definition) is 2. The zero-order chi connectivity index (χ0) is 15.2. The number of amidine groups is 1. The van der Waals surface area contributed by atoms with Crippen LogP contribution < -0.4 is 10.5 Å².